The molecule has 0 heterocycles. The van der Waals surface area contributed by atoms with E-state index >= 15 is 0 Å². The smallest absolute Gasteiger partial charge is 0.325 e. The molecule has 0 aliphatic heterocycles. The quantitative estimate of drug-likeness (QED) is 0.589. The van der Waals surface area contributed by atoms with Gasteiger partial charge in [-0.3, -0.25) is 19.7 Å². The van der Waals surface area contributed by atoms with Crippen LogP contribution in [-0.4, -0.2) is 50.1 Å². The number of carbonyl (C=O) groups excluding carboxylic acids is 4. The van der Waals surface area contributed by atoms with Gasteiger partial charge in [0.05, 0.1) is 12.7 Å². The Bertz CT molecular complexity index is 751. The molecule has 4 amide bonds. The number of carbonyl (C=O) groups is 4. The predicted molar refractivity (Wildman–Crippen MR) is 104 cm³/mol. The second-order valence-electron chi connectivity index (χ2n) is 6.93. The molecule has 0 bridgehead atoms. The van der Waals surface area contributed by atoms with E-state index in [0.29, 0.717) is 11.7 Å². The van der Waals surface area contributed by atoms with Crippen molar-refractivity contribution >= 4 is 23.8 Å². The summed E-state index contributed by atoms with van der Waals surface area (Å²) in [6, 6.07) is 5.99. The number of para-hydroxylation sites is 1. The number of ether oxygens (including phenoxy) is 2. The lowest BCUT2D eigenvalue weighted by atomic mass is 9.86. The first kappa shape index (κ1) is 22.2. The van der Waals surface area contributed by atoms with Crippen LogP contribution >= 0.6 is 0 Å². The number of hydrogen-bond donors (Lipinski definition) is 3. The zero-order chi connectivity index (χ0) is 21.2. The second-order valence-corrected chi connectivity index (χ2v) is 6.93. The normalized spacial score (nSPS) is 18.3. The van der Waals surface area contributed by atoms with Crippen LogP contribution < -0.4 is 20.7 Å². The summed E-state index contributed by atoms with van der Waals surface area (Å²) in [7, 11) is 1.43. The Hall–Kier alpha value is -3.10. The molecule has 0 spiro atoms. The largest absolute Gasteiger partial charge is 0.496 e. The summed E-state index contributed by atoms with van der Waals surface area (Å²) in [6.07, 6.45) is 4.10. The van der Waals surface area contributed by atoms with Crippen molar-refractivity contribution in [3.05, 3.63) is 29.8 Å². The number of nitrogens with one attached hydrogen (secondary N) is 3. The highest BCUT2D eigenvalue weighted by molar-refractivity contribution is 5.99. The topological polar surface area (TPSA) is 123 Å². The van der Waals surface area contributed by atoms with Gasteiger partial charge < -0.3 is 20.1 Å². The van der Waals surface area contributed by atoms with Crippen LogP contribution in [0.15, 0.2) is 24.3 Å². The van der Waals surface area contributed by atoms with Gasteiger partial charge in [-0.15, -0.1) is 0 Å². The minimum atomic E-state index is -0.801. The zero-order valence-corrected chi connectivity index (χ0v) is 16.7. The third kappa shape index (κ3) is 7.10. The van der Waals surface area contributed by atoms with Gasteiger partial charge >= 0.3 is 12.0 Å². The highest BCUT2D eigenvalue weighted by Gasteiger charge is 2.23. The lowest BCUT2D eigenvalue weighted by molar-refractivity contribution is -0.147. The monoisotopic (exact) mass is 405 g/mol. The summed E-state index contributed by atoms with van der Waals surface area (Å²) in [5.74, 6) is -1.32. The van der Waals surface area contributed by atoms with Crippen molar-refractivity contribution in [1.29, 1.82) is 0 Å². The first-order valence-electron chi connectivity index (χ1n) is 9.58. The van der Waals surface area contributed by atoms with Gasteiger partial charge in [-0.05, 0) is 30.9 Å². The van der Waals surface area contributed by atoms with Crippen LogP contribution in [0, 0.1) is 5.92 Å². The van der Waals surface area contributed by atoms with Crippen molar-refractivity contribution in [2.45, 2.75) is 38.6 Å². The number of urea groups is 1. The highest BCUT2D eigenvalue weighted by atomic mass is 16.5. The molecule has 2 atom stereocenters. The molecule has 2 rings (SSSR count). The third-order valence-corrected chi connectivity index (χ3v) is 4.79. The predicted octanol–water partition coefficient (Wildman–Crippen LogP) is 1.37. The Labute approximate surface area is 169 Å². The molecular formula is C20H27N3O6. The van der Waals surface area contributed by atoms with Gasteiger partial charge in [0.1, 0.15) is 12.3 Å². The van der Waals surface area contributed by atoms with Gasteiger partial charge in [0.2, 0.25) is 0 Å². The number of imide groups is 1. The van der Waals surface area contributed by atoms with Crippen molar-refractivity contribution in [2.24, 2.45) is 5.92 Å². The maximum Gasteiger partial charge on any atom is 0.325 e. The van der Waals surface area contributed by atoms with E-state index in [1.165, 1.54) is 7.11 Å². The number of hydrogen-bond acceptors (Lipinski definition) is 6. The standard InChI is InChI=1S/C20H27N3O6/c1-13-7-3-5-9-15(13)22-20(27)23-17(24)12-29-18(25)11-21-19(26)14-8-4-6-10-16(14)28-2/h4,6,8,10,13,15H,3,5,7,9,11-12H2,1-2H3,(H,21,26)(H2,22,23,24,27)/t13-,15-/m0/s1. The van der Waals surface area contributed by atoms with E-state index in [1.807, 2.05) is 0 Å². The maximum atomic E-state index is 12.1. The minimum Gasteiger partial charge on any atom is -0.496 e. The molecule has 3 N–H and O–H groups in total. The van der Waals surface area contributed by atoms with Crippen molar-refractivity contribution in [3.63, 3.8) is 0 Å². The van der Waals surface area contributed by atoms with Crippen molar-refractivity contribution < 1.29 is 28.7 Å². The number of rotatable bonds is 7. The molecule has 1 aromatic carbocycles. The summed E-state index contributed by atoms with van der Waals surface area (Å²) in [4.78, 5) is 47.5. The van der Waals surface area contributed by atoms with E-state index in [9.17, 15) is 19.2 Å². The minimum absolute atomic E-state index is 0.0318. The molecule has 0 radical (unpaired) electrons. The van der Waals surface area contributed by atoms with E-state index in [-0.39, 0.29) is 11.6 Å². The fourth-order valence-corrected chi connectivity index (χ4v) is 3.17. The van der Waals surface area contributed by atoms with Gasteiger partial charge in [-0.2, -0.15) is 0 Å². The first-order chi connectivity index (χ1) is 13.9. The Morgan fingerprint density at radius 2 is 1.83 bits per heavy atom. The molecule has 29 heavy (non-hydrogen) atoms. The highest BCUT2D eigenvalue weighted by Crippen LogP contribution is 2.23. The van der Waals surface area contributed by atoms with Gasteiger partial charge in [-0.1, -0.05) is 31.9 Å². The van der Waals surface area contributed by atoms with Gasteiger partial charge in [0.25, 0.3) is 11.8 Å². The Morgan fingerprint density at radius 3 is 2.55 bits per heavy atom. The van der Waals surface area contributed by atoms with Crippen molar-refractivity contribution in [2.75, 3.05) is 20.3 Å². The van der Waals surface area contributed by atoms with E-state index in [1.54, 1.807) is 24.3 Å². The Kier molecular flexibility index (Phi) is 8.45. The van der Waals surface area contributed by atoms with Crippen LogP contribution in [-0.2, 0) is 14.3 Å². The lowest BCUT2D eigenvalue weighted by Gasteiger charge is -2.29. The van der Waals surface area contributed by atoms with Crippen LogP contribution in [0.1, 0.15) is 43.0 Å². The lowest BCUT2D eigenvalue weighted by Crippen LogP contribution is -2.48. The van der Waals surface area contributed by atoms with Gasteiger partial charge in [0, 0.05) is 6.04 Å². The average Bonchev–Trinajstić information content (AvgIpc) is 2.72. The maximum absolute atomic E-state index is 12.1. The fourth-order valence-electron chi connectivity index (χ4n) is 3.17. The van der Waals surface area contributed by atoms with Crippen LogP contribution in [0.25, 0.3) is 0 Å². The van der Waals surface area contributed by atoms with Gasteiger partial charge in [-0.25, -0.2) is 4.79 Å². The van der Waals surface area contributed by atoms with Crippen molar-refractivity contribution in [1.82, 2.24) is 16.0 Å². The number of benzene rings is 1. The molecular weight excluding hydrogens is 378 g/mol. The SMILES string of the molecule is COc1ccccc1C(=O)NCC(=O)OCC(=O)NC(=O)N[C@H]1CCCC[C@@H]1C. The van der Waals surface area contributed by atoms with Crippen LogP contribution in [0.5, 0.6) is 5.75 Å². The summed E-state index contributed by atoms with van der Waals surface area (Å²) in [6.45, 7) is 1.03. The molecule has 0 saturated heterocycles. The molecule has 1 fully saturated rings. The van der Waals surface area contributed by atoms with Crippen LogP contribution in [0.2, 0.25) is 0 Å². The molecule has 158 valence electrons. The molecule has 1 saturated carbocycles. The van der Waals surface area contributed by atoms with E-state index in [4.69, 9.17) is 9.47 Å². The summed E-state index contributed by atoms with van der Waals surface area (Å²) >= 11 is 0. The molecule has 0 unspecified atom stereocenters. The Balaban J connectivity index is 1.68. The van der Waals surface area contributed by atoms with E-state index < -0.39 is 37.0 Å². The first-order valence-corrected chi connectivity index (χ1v) is 9.58. The van der Waals surface area contributed by atoms with Crippen LogP contribution in [0.3, 0.4) is 0 Å². The van der Waals surface area contributed by atoms with E-state index in [0.717, 1.165) is 25.7 Å². The second kappa shape index (κ2) is 11.0. The molecule has 1 aromatic rings. The molecule has 9 heteroatoms. The summed E-state index contributed by atoms with van der Waals surface area (Å²) in [5.41, 5.74) is 0.272. The summed E-state index contributed by atoms with van der Waals surface area (Å²) in [5, 5.41) is 7.31. The number of methoxy groups -OCH3 is 1. The fraction of sp³-hybridized carbons (Fsp3) is 0.500. The van der Waals surface area contributed by atoms with Gasteiger partial charge in [0.15, 0.2) is 6.61 Å². The summed E-state index contributed by atoms with van der Waals surface area (Å²) < 4.78 is 9.86. The molecule has 1 aliphatic rings. The van der Waals surface area contributed by atoms with Crippen LogP contribution in [0.4, 0.5) is 4.79 Å². The van der Waals surface area contributed by atoms with Crippen molar-refractivity contribution in [3.8, 4) is 5.75 Å². The molecule has 9 nitrogen and oxygen atoms in total. The molecule has 0 aromatic heterocycles. The third-order valence-electron chi connectivity index (χ3n) is 4.79. The average molecular weight is 405 g/mol. The van der Waals surface area contributed by atoms with E-state index in [2.05, 4.69) is 22.9 Å². The number of amides is 4. The zero-order valence-electron chi connectivity index (χ0n) is 16.7. The number of esters is 1. The Morgan fingerprint density at radius 1 is 1.10 bits per heavy atom. The molecule has 1 aliphatic carbocycles.